The Balaban J connectivity index is 1.35. The highest BCUT2D eigenvalue weighted by Crippen LogP contribution is 2.17. The number of sulfonamides is 1. The number of halogens is 1. The van der Waals surface area contributed by atoms with E-state index in [0.717, 1.165) is 0 Å². The van der Waals surface area contributed by atoms with E-state index in [4.69, 9.17) is 4.74 Å². The summed E-state index contributed by atoms with van der Waals surface area (Å²) in [5.74, 6) is -0.199. The van der Waals surface area contributed by atoms with Gasteiger partial charge in [0.15, 0.2) is 6.61 Å². The molecule has 1 aliphatic heterocycles. The van der Waals surface area contributed by atoms with Crippen LogP contribution < -0.4 is 10.1 Å². The molecule has 0 radical (unpaired) electrons. The molecule has 0 atom stereocenters. The zero-order valence-corrected chi connectivity index (χ0v) is 16.8. The molecule has 29 heavy (non-hydrogen) atoms. The molecular weight excluding hydrogens is 397 g/mol. The lowest BCUT2D eigenvalue weighted by molar-refractivity contribution is -0.123. The summed E-state index contributed by atoms with van der Waals surface area (Å²) in [6, 6.07) is 13.9. The highest BCUT2D eigenvalue weighted by Gasteiger charge is 2.28. The van der Waals surface area contributed by atoms with Gasteiger partial charge in [-0.25, -0.2) is 12.8 Å². The maximum absolute atomic E-state index is 12.8. The van der Waals surface area contributed by atoms with Gasteiger partial charge in [0.05, 0.1) is 4.90 Å². The number of piperazine rings is 1. The van der Waals surface area contributed by atoms with E-state index in [2.05, 4.69) is 10.2 Å². The Kier molecular flexibility index (Phi) is 7.18. The van der Waals surface area contributed by atoms with E-state index in [9.17, 15) is 17.6 Å². The number of carbonyl (C=O) groups excluding carboxylic acids is 1. The van der Waals surface area contributed by atoms with E-state index in [0.29, 0.717) is 49.9 Å². The first-order valence-corrected chi connectivity index (χ1v) is 10.8. The lowest BCUT2D eigenvalue weighted by Crippen LogP contribution is -2.50. The summed E-state index contributed by atoms with van der Waals surface area (Å²) in [6.45, 7) is 2.97. The number of hydrogen-bond donors (Lipinski definition) is 1. The second kappa shape index (κ2) is 9.82. The van der Waals surface area contributed by atoms with Crippen molar-refractivity contribution in [3.8, 4) is 5.75 Å². The number of nitrogens with one attached hydrogen (secondary N) is 1. The molecule has 1 aliphatic rings. The molecule has 2 aromatic carbocycles. The molecule has 2 aromatic rings. The summed E-state index contributed by atoms with van der Waals surface area (Å²) in [4.78, 5) is 14.3. The van der Waals surface area contributed by atoms with Gasteiger partial charge in [-0.2, -0.15) is 4.31 Å². The van der Waals surface area contributed by atoms with E-state index in [1.165, 1.54) is 28.6 Å². The van der Waals surface area contributed by atoms with Crippen LogP contribution in [-0.4, -0.2) is 69.4 Å². The molecule has 9 heteroatoms. The molecule has 3 rings (SSSR count). The second-order valence-electron chi connectivity index (χ2n) is 6.65. The van der Waals surface area contributed by atoms with Crippen molar-refractivity contribution in [1.82, 2.24) is 14.5 Å². The number of carbonyl (C=O) groups is 1. The summed E-state index contributed by atoms with van der Waals surface area (Å²) in [7, 11) is -3.46. The zero-order chi connectivity index (χ0) is 20.7. The van der Waals surface area contributed by atoms with Gasteiger partial charge in [0.25, 0.3) is 5.91 Å². The Bertz CT molecular complexity index is 899. The number of amides is 1. The first-order chi connectivity index (χ1) is 13.9. The van der Waals surface area contributed by atoms with Gasteiger partial charge < -0.3 is 10.1 Å². The molecule has 0 aromatic heterocycles. The maximum atomic E-state index is 12.8. The minimum atomic E-state index is -3.46. The number of ether oxygens (including phenoxy) is 1. The summed E-state index contributed by atoms with van der Waals surface area (Å²) in [6.07, 6.45) is 0. The van der Waals surface area contributed by atoms with Crippen molar-refractivity contribution in [1.29, 1.82) is 0 Å². The molecular formula is C20H24FN3O4S. The first kappa shape index (κ1) is 21.2. The number of nitrogens with zero attached hydrogens (tertiary/aromatic N) is 2. The van der Waals surface area contributed by atoms with Gasteiger partial charge >= 0.3 is 0 Å². The Labute approximate surface area is 170 Å². The van der Waals surface area contributed by atoms with E-state index in [1.54, 1.807) is 30.3 Å². The fourth-order valence-electron chi connectivity index (χ4n) is 3.02. The fraction of sp³-hybridized carbons (Fsp3) is 0.350. The molecule has 0 unspecified atom stereocenters. The zero-order valence-electron chi connectivity index (χ0n) is 16.0. The van der Waals surface area contributed by atoms with Crippen LogP contribution in [0.15, 0.2) is 59.5 Å². The lowest BCUT2D eigenvalue weighted by Gasteiger charge is -2.33. The Morgan fingerprint density at radius 3 is 2.31 bits per heavy atom. The van der Waals surface area contributed by atoms with Crippen LogP contribution in [0.2, 0.25) is 0 Å². The van der Waals surface area contributed by atoms with Gasteiger partial charge in [-0.1, -0.05) is 18.2 Å². The molecule has 1 amide bonds. The second-order valence-corrected chi connectivity index (χ2v) is 8.59. The Morgan fingerprint density at radius 1 is 1.00 bits per heavy atom. The molecule has 7 nitrogen and oxygen atoms in total. The maximum Gasteiger partial charge on any atom is 0.257 e. The molecule has 1 saturated heterocycles. The van der Waals surface area contributed by atoms with Gasteiger partial charge in [0.2, 0.25) is 10.0 Å². The van der Waals surface area contributed by atoms with Gasteiger partial charge in [0, 0.05) is 39.3 Å². The highest BCUT2D eigenvalue weighted by molar-refractivity contribution is 7.89. The Hall–Kier alpha value is -2.49. The first-order valence-electron chi connectivity index (χ1n) is 9.38. The van der Waals surface area contributed by atoms with Crippen LogP contribution in [0.4, 0.5) is 4.39 Å². The summed E-state index contributed by atoms with van der Waals surface area (Å²) >= 11 is 0. The van der Waals surface area contributed by atoms with Gasteiger partial charge in [-0.05, 0) is 36.4 Å². The van der Waals surface area contributed by atoms with Crippen molar-refractivity contribution in [3.05, 3.63) is 60.4 Å². The van der Waals surface area contributed by atoms with Crippen molar-refractivity contribution in [2.75, 3.05) is 45.9 Å². The summed E-state index contributed by atoms with van der Waals surface area (Å²) < 4.78 is 44.9. The fourth-order valence-corrected chi connectivity index (χ4v) is 4.46. The van der Waals surface area contributed by atoms with Gasteiger partial charge in [-0.15, -0.1) is 0 Å². The third-order valence-electron chi connectivity index (χ3n) is 4.65. The predicted molar refractivity (Wildman–Crippen MR) is 107 cm³/mol. The van der Waals surface area contributed by atoms with Crippen LogP contribution in [0.5, 0.6) is 5.75 Å². The molecule has 0 bridgehead atoms. The van der Waals surface area contributed by atoms with Crippen LogP contribution in [0.1, 0.15) is 0 Å². The number of hydrogen-bond acceptors (Lipinski definition) is 5. The summed E-state index contributed by atoms with van der Waals surface area (Å²) in [5.41, 5.74) is 0. The minimum Gasteiger partial charge on any atom is -0.484 e. The number of benzene rings is 2. The molecule has 1 fully saturated rings. The van der Waals surface area contributed by atoms with Crippen molar-refractivity contribution >= 4 is 15.9 Å². The van der Waals surface area contributed by atoms with Crippen LogP contribution in [0.3, 0.4) is 0 Å². The molecule has 156 valence electrons. The molecule has 0 spiro atoms. The van der Waals surface area contributed by atoms with Crippen molar-refractivity contribution in [2.24, 2.45) is 0 Å². The standard InChI is InChI=1S/C20H24FN3O4S/c21-17-6-8-18(9-7-17)28-16-20(25)22-10-11-23-12-14-24(15-13-23)29(26,27)19-4-2-1-3-5-19/h1-9H,10-16H2,(H,22,25). The minimum absolute atomic E-state index is 0.144. The predicted octanol–water partition coefficient (Wildman–Crippen LogP) is 1.33. The van der Waals surface area contributed by atoms with Gasteiger partial charge in [0.1, 0.15) is 11.6 Å². The Morgan fingerprint density at radius 2 is 1.66 bits per heavy atom. The highest BCUT2D eigenvalue weighted by atomic mass is 32.2. The average Bonchev–Trinajstić information content (AvgIpc) is 2.74. The third-order valence-corrected chi connectivity index (χ3v) is 6.56. The normalized spacial score (nSPS) is 15.8. The molecule has 1 N–H and O–H groups in total. The smallest absolute Gasteiger partial charge is 0.257 e. The number of rotatable bonds is 8. The van der Waals surface area contributed by atoms with Crippen LogP contribution in [0.25, 0.3) is 0 Å². The van der Waals surface area contributed by atoms with E-state index in [-0.39, 0.29) is 18.3 Å². The van der Waals surface area contributed by atoms with Crippen LogP contribution in [-0.2, 0) is 14.8 Å². The molecule has 1 heterocycles. The van der Waals surface area contributed by atoms with Crippen molar-refractivity contribution in [3.63, 3.8) is 0 Å². The van der Waals surface area contributed by atoms with E-state index >= 15 is 0 Å². The molecule has 0 saturated carbocycles. The lowest BCUT2D eigenvalue weighted by atomic mass is 10.3. The average molecular weight is 421 g/mol. The topological polar surface area (TPSA) is 79.0 Å². The SMILES string of the molecule is O=C(COc1ccc(F)cc1)NCCN1CCN(S(=O)(=O)c2ccccc2)CC1. The summed E-state index contributed by atoms with van der Waals surface area (Å²) in [5, 5.41) is 2.77. The van der Waals surface area contributed by atoms with Gasteiger partial charge in [-0.3, -0.25) is 9.69 Å². The monoisotopic (exact) mass is 421 g/mol. The van der Waals surface area contributed by atoms with Crippen LogP contribution in [0, 0.1) is 5.82 Å². The largest absolute Gasteiger partial charge is 0.484 e. The quantitative estimate of drug-likeness (QED) is 0.696. The van der Waals surface area contributed by atoms with Crippen molar-refractivity contribution < 1.29 is 22.3 Å². The molecule has 0 aliphatic carbocycles. The van der Waals surface area contributed by atoms with Crippen LogP contribution >= 0.6 is 0 Å². The third kappa shape index (κ3) is 5.99. The van der Waals surface area contributed by atoms with E-state index in [1.807, 2.05) is 0 Å². The van der Waals surface area contributed by atoms with E-state index < -0.39 is 10.0 Å². The van der Waals surface area contributed by atoms with Crippen molar-refractivity contribution in [2.45, 2.75) is 4.90 Å².